The number of nitrogens with zero attached hydrogens (tertiary/aromatic N) is 3. The Balaban J connectivity index is 1.87. The maximum atomic E-state index is 8.71. The molecule has 16 heavy (non-hydrogen) atoms. The van der Waals surface area contributed by atoms with Crippen molar-refractivity contribution in [3.63, 3.8) is 0 Å². The van der Waals surface area contributed by atoms with Crippen LogP contribution in [0, 0.1) is 23.2 Å². The molecule has 1 saturated carbocycles. The normalized spacial score (nSPS) is 24.0. The molecule has 0 bridgehead atoms. The Morgan fingerprint density at radius 1 is 1.56 bits per heavy atom. The van der Waals surface area contributed by atoms with Crippen molar-refractivity contribution in [2.75, 3.05) is 11.9 Å². The van der Waals surface area contributed by atoms with Gasteiger partial charge in [0.05, 0.1) is 0 Å². The molecule has 1 heterocycles. The number of nitrogens with one attached hydrogen (secondary N) is 1. The first-order valence-corrected chi connectivity index (χ1v) is 5.75. The molecule has 2 unspecified atom stereocenters. The average Bonchev–Trinajstić information content (AvgIpc) is 2.73. The minimum absolute atomic E-state index is 0.414. The monoisotopic (exact) mass is 216 g/mol. The van der Waals surface area contributed by atoms with Gasteiger partial charge in [-0.3, -0.25) is 0 Å². The summed E-state index contributed by atoms with van der Waals surface area (Å²) in [5.74, 6) is 2.14. The van der Waals surface area contributed by atoms with Crippen LogP contribution in [0.3, 0.4) is 0 Å². The number of hydrogen-bond donors (Lipinski definition) is 1. The van der Waals surface area contributed by atoms with Gasteiger partial charge in [-0.25, -0.2) is 9.97 Å². The van der Waals surface area contributed by atoms with Gasteiger partial charge in [0.1, 0.15) is 11.8 Å². The van der Waals surface area contributed by atoms with Crippen molar-refractivity contribution >= 4 is 5.95 Å². The summed E-state index contributed by atoms with van der Waals surface area (Å²) in [5, 5.41) is 11.9. The van der Waals surface area contributed by atoms with E-state index in [-0.39, 0.29) is 0 Å². The van der Waals surface area contributed by atoms with Crippen molar-refractivity contribution in [3.05, 3.63) is 18.0 Å². The first-order chi connectivity index (χ1) is 7.78. The quantitative estimate of drug-likeness (QED) is 0.841. The molecule has 1 aromatic rings. The minimum Gasteiger partial charge on any atom is -0.354 e. The highest BCUT2D eigenvalue weighted by Crippen LogP contribution is 2.30. The molecule has 1 fully saturated rings. The molecule has 0 radical (unpaired) electrons. The summed E-state index contributed by atoms with van der Waals surface area (Å²) in [6.07, 6.45) is 5.51. The Kier molecular flexibility index (Phi) is 3.35. The van der Waals surface area contributed by atoms with Gasteiger partial charge in [-0.15, -0.1) is 0 Å². The molecular formula is C12H16N4. The zero-order valence-corrected chi connectivity index (χ0v) is 9.48. The molecule has 4 heteroatoms. The van der Waals surface area contributed by atoms with Crippen LogP contribution in [0.15, 0.2) is 12.3 Å². The Bertz CT molecular complexity index is 396. The lowest BCUT2D eigenvalue weighted by Gasteiger charge is -2.10. The van der Waals surface area contributed by atoms with Crippen LogP contribution in [0.2, 0.25) is 0 Å². The number of hydrogen-bond acceptors (Lipinski definition) is 4. The van der Waals surface area contributed by atoms with Crippen LogP contribution in [0.4, 0.5) is 5.95 Å². The summed E-state index contributed by atoms with van der Waals surface area (Å²) in [4.78, 5) is 8.18. The first kappa shape index (κ1) is 10.9. The molecule has 1 N–H and O–H groups in total. The number of anilines is 1. The maximum absolute atomic E-state index is 8.71. The maximum Gasteiger partial charge on any atom is 0.223 e. The summed E-state index contributed by atoms with van der Waals surface area (Å²) >= 11 is 0. The second-order valence-corrected chi connectivity index (χ2v) is 4.54. The summed E-state index contributed by atoms with van der Waals surface area (Å²) in [5.41, 5.74) is 0.414. The van der Waals surface area contributed by atoms with Gasteiger partial charge in [-0.1, -0.05) is 13.3 Å². The zero-order chi connectivity index (χ0) is 11.4. The van der Waals surface area contributed by atoms with E-state index in [9.17, 15) is 0 Å². The Morgan fingerprint density at radius 3 is 3.12 bits per heavy atom. The highest BCUT2D eigenvalue weighted by atomic mass is 15.1. The smallest absolute Gasteiger partial charge is 0.223 e. The van der Waals surface area contributed by atoms with Crippen LogP contribution in [0.25, 0.3) is 0 Å². The fourth-order valence-electron chi connectivity index (χ4n) is 2.25. The number of nitriles is 1. The lowest BCUT2D eigenvalue weighted by Crippen LogP contribution is -2.13. The average molecular weight is 216 g/mol. The summed E-state index contributed by atoms with van der Waals surface area (Å²) in [6, 6.07) is 3.63. The highest BCUT2D eigenvalue weighted by Gasteiger charge is 2.20. The number of rotatable bonds is 3. The van der Waals surface area contributed by atoms with Crippen LogP contribution in [-0.4, -0.2) is 16.5 Å². The van der Waals surface area contributed by atoms with E-state index in [0.717, 1.165) is 18.4 Å². The van der Waals surface area contributed by atoms with Crippen molar-refractivity contribution in [1.29, 1.82) is 5.26 Å². The number of aromatic nitrogens is 2. The van der Waals surface area contributed by atoms with Crippen molar-refractivity contribution in [2.24, 2.45) is 11.8 Å². The van der Waals surface area contributed by atoms with Gasteiger partial charge in [-0.2, -0.15) is 5.26 Å². The molecule has 0 amide bonds. The SMILES string of the molecule is CC1CCC(CNc2nccc(C#N)n2)C1. The van der Waals surface area contributed by atoms with Crippen molar-refractivity contribution in [3.8, 4) is 6.07 Å². The first-order valence-electron chi connectivity index (χ1n) is 5.75. The fourth-order valence-corrected chi connectivity index (χ4v) is 2.25. The second kappa shape index (κ2) is 4.93. The molecule has 84 valence electrons. The topological polar surface area (TPSA) is 61.6 Å². The molecule has 1 aliphatic rings. The van der Waals surface area contributed by atoms with Gasteiger partial charge < -0.3 is 5.32 Å². The third-order valence-electron chi connectivity index (χ3n) is 3.12. The predicted octanol–water partition coefficient (Wildman–Crippen LogP) is 2.20. The van der Waals surface area contributed by atoms with Gasteiger partial charge >= 0.3 is 0 Å². The predicted molar refractivity (Wildman–Crippen MR) is 61.7 cm³/mol. The molecule has 2 atom stereocenters. The third-order valence-corrected chi connectivity index (χ3v) is 3.12. The van der Waals surface area contributed by atoms with Crippen molar-refractivity contribution in [2.45, 2.75) is 26.2 Å². The highest BCUT2D eigenvalue weighted by molar-refractivity contribution is 5.29. The molecule has 0 saturated heterocycles. The van der Waals surface area contributed by atoms with Gasteiger partial charge in [-0.05, 0) is 30.7 Å². The van der Waals surface area contributed by atoms with Crippen molar-refractivity contribution in [1.82, 2.24) is 9.97 Å². The van der Waals surface area contributed by atoms with Crippen LogP contribution < -0.4 is 5.32 Å². The van der Waals surface area contributed by atoms with Gasteiger partial charge in [0.15, 0.2) is 0 Å². The fraction of sp³-hybridized carbons (Fsp3) is 0.583. The van der Waals surface area contributed by atoms with E-state index in [1.165, 1.54) is 19.3 Å². The van der Waals surface area contributed by atoms with E-state index in [4.69, 9.17) is 5.26 Å². The molecule has 4 nitrogen and oxygen atoms in total. The lowest BCUT2D eigenvalue weighted by molar-refractivity contribution is 0.536. The van der Waals surface area contributed by atoms with Crippen LogP contribution in [0.1, 0.15) is 31.9 Å². The van der Waals surface area contributed by atoms with E-state index in [1.807, 2.05) is 6.07 Å². The second-order valence-electron chi connectivity index (χ2n) is 4.54. The minimum atomic E-state index is 0.414. The summed E-state index contributed by atoms with van der Waals surface area (Å²) < 4.78 is 0. The summed E-state index contributed by atoms with van der Waals surface area (Å²) in [6.45, 7) is 3.21. The standard InChI is InChI=1S/C12H16N4/c1-9-2-3-10(6-9)8-15-12-14-5-4-11(7-13)16-12/h4-5,9-10H,2-3,6,8H2,1H3,(H,14,15,16). The third kappa shape index (κ3) is 2.69. The van der Waals surface area contributed by atoms with Crippen LogP contribution >= 0.6 is 0 Å². The summed E-state index contributed by atoms with van der Waals surface area (Å²) in [7, 11) is 0. The lowest BCUT2D eigenvalue weighted by atomic mass is 10.1. The van der Waals surface area contributed by atoms with Gasteiger partial charge in [0.2, 0.25) is 5.95 Å². The van der Waals surface area contributed by atoms with E-state index in [2.05, 4.69) is 22.2 Å². The Hall–Kier alpha value is -1.63. The van der Waals surface area contributed by atoms with E-state index >= 15 is 0 Å². The van der Waals surface area contributed by atoms with Gasteiger partial charge in [0, 0.05) is 12.7 Å². The largest absolute Gasteiger partial charge is 0.354 e. The molecule has 2 rings (SSSR count). The van der Waals surface area contributed by atoms with E-state index in [0.29, 0.717) is 11.6 Å². The van der Waals surface area contributed by atoms with Crippen LogP contribution in [-0.2, 0) is 0 Å². The van der Waals surface area contributed by atoms with Gasteiger partial charge in [0.25, 0.3) is 0 Å². The molecule has 1 aliphatic carbocycles. The Labute approximate surface area is 95.7 Å². The zero-order valence-electron chi connectivity index (χ0n) is 9.48. The molecule has 1 aromatic heterocycles. The van der Waals surface area contributed by atoms with Crippen LogP contribution in [0.5, 0.6) is 0 Å². The molecule has 0 aromatic carbocycles. The molecular weight excluding hydrogens is 200 g/mol. The van der Waals surface area contributed by atoms with Crippen molar-refractivity contribution < 1.29 is 0 Å². The van der Waals surface area contributed by atoms with E-state index < -0.39 is 0 Å². The molecule has 0 aliphatic heterocycles. The Morgan fingerprint density at radius 2 is 2.44 bits per heavy atom. The molecule has 0 spiro atoms. The van der Waals surface area contributed by atoms with E-state index in [1.54, 1.807) is 12.3 Å².